The molecule has 0 aromatic carbocycles. The number of amides is 1. The maximum Gasteiger partial charge on any atom is 0.237 e. The van der Waals surface area contributed by atoms with Gasteiger partial charge < -0.3 is 9.09 Å². The van der Waals surface area contributed by atoms with Gasteiger partial charge in [0.25, 0.3) is 0 Å². The number of rotatable bonds is 6. The van der Waals surface area contributed by atoms with Crippen molar-refractivity contribution in [2.24, 2.45) is 0 Å². The number of aromatic nitrogens is 5. The Hall–Kier alpha value is -2.68. The Morgan fingerprint density at radius 3 is 2.63 bits per heavy atom. The molecule has 0 radical (unpaired) electrons. The second-order valence-electron chi connectivity index (χ2n) is 6.95. The quantitative estimate of drug-likeness (QED) is 0.648. The molecule has 0 fully saturated rings. The Morgan fingerprint density at radius 1 is 1.26 bits per heavy atom. The smallest absolute Gasteiger partial charge is 0.237 e. The third-order valence-electron chi connectivity index (χ3n) is 3.85. The number of hydrogen-bond donors (Lipinski definition) is 1. The van der Waals surface area contributed by atoms with Crippen LogP contribution in [0, 0.1) is 0 Å². The maximum atomic E-state index is 12.2. The Bertz CT molecular complexity index is 914. The average molecular weight is 386 g/mol. The predicted molar refractivity (Wildman–Crippen MR) is 103 cm³/mol. The van der Waals surface area contributed by atoms with E-state index < -0.39 is 0 Å². The van der Waals surface area contributed by atoms with E-state index in [9.17, 15) is 4.79 Å². The van der Waals surface area contributed by atoms with Crippen LogP contribution in [0.2, 0.25) is 0 Å². The Balaban J connectivity index is 1.64. The van der Waals surface area contributed by atoms with Crippen LogP contribution in [0.5, 0.6) is 0 Å². The van der Waals surface area contributed by atoms with Gasteiger partial charge in [-0.3, -0.25) is 15.1 Å². The van der Waals surface area contributed by atoms with Crippen LogP contribution in [0.3, 0.4) is 0 Å². The van der Waals surface area contributed by atoms with Gasteiger partial charge in [0.15, 0.2) is 11.0 Å². The van der Waals surface area contributed by atoms with Gasteiger partial charge in [-0.15, -0.1) is 10.2 Å². The minimum Gasteiger partial charge on any atom is -0.338 e. The van der Waals surface area contributed by atoms with Crippen LogP contribution >= 0.6 is 11.8 Å². The van der Waals surface area contributed by atoms with Gasteiger partial charge >= 0.3 is 0 Å². The van der Waals surface area contributed by atoms with E-state index in [2.05, 4.69) is 25.7 Å². The van der Waals surface area contributed by atoms with Gasteiger partial charge in [0.1, 0.15) is 0 Å². The molecular weight excluding hydrogens is 364 g/mol. The fourth-order valence-corrected chi connectivity index (χ4v) is 3.19. The van der Waals surface area contributed by atoms with Crippen LogP contribution in [-0.4, -0.2) is 36.6 Å². The number of hydrogen-bond acceptors (Lipinski definition) is 7. The number of nitrogens with zero attached hydrogens (tertiary/aromatic N) is 5. The molecule has 9 heteroatoms. The third kappa shape index (κ3) is 4.54. The van der Waals surface area contributed by atoms with Crippen LogP contribution in [0.1, 0.15) is 33.4 Å². The normalized spacial score (nSPS) is 11.6. The molecule has 3 aromatic rings. The molecule has 142 valence electrons. The number of carbonyl (C=O) groups excluding carboxylic acids is 1. The molecule has 27 heavy (non-hydrogen) atoms. The Labute approximate surface area is 161 Å². The highest BCUT2D eigenvalue weighted by Crippen LogP contribution is 2.25. The molecule has 8 nitrogen and oxygen atoms in total. The molecule has 1 amide bonds. The summed E-state index contributed by atoms with van der Waals surface area (Å²) >= 11 is 1.33. The van der Waals surface area contributed by atoms with Gasteiger partial charge in [-0.2, -0.15) is 0 Å². The summed E-state index contributed by atoms with van der Waals surface area (Å²) in [5, 5.41) is 15.9. The van der Waals surface area contributed by atoms with Gasteiger partial charge in [0, 0.05) is 36.0 Å². The summed E-state index contributed by atoms with van der Waals surface area (Å²) < 4.78 is 7.16. The fraction of sp³-hybridized carbons (Fsp3) is 0.389. The lowest BCUT2D eigenvalue weighted by atomic mass is 9.92. The lowest BCUT2D eigenvalue weighted by Crippen LogP contribution is -2.14. The van der Waals surface area contributed by atoms with Crippen LogP contribution < -0.4 is 5.32 Å². The SMILES string of the molecule is CCn1c(SCC(=O)Nc2cc(C(C)(C)C)no2)nnc1-c1ccncc1. The van der Waals surface area contributed by atoms with Gasteiger partial charge in [-0.05, 0) is 19.1 Å². The van der Waals surface area contributed by atoms with Crippen molar-refractivity contribution in [3.63, 3.8) is 0 Å². The summed E-state index contributed by atoms with van der Waals surface area (Å²) in [5.41, 5.74) is 1.59. The number of pyridine rings is 1. The summed E-state index contributed by atoms with van der Waals surface area (Å²) in [6, 6.07) is 5.51. The maximum absolute atomic E-state index is 12.2. The minimum absolute atomic E-state index is 0.137. The van der Waals surface area contributed by atoms with Crippen molar-refractivity contribution in [1.82, 2.24) is 24.9 Å². The van der Waals surface area contributed by atoms with Gasteiger partial charge in [-0.1, -0.05) is 37.7 Å². The molecule has 0 saturated carbocycles. The van der Waals surface area contributed by atoms with Crippen molar-refractivity contribution >= 4 is 23.6 Å². The topological polar surface area (TPSA) is 98.7 Å². The molecule has 3 rings (SSSR count). The number of carbonyl (C=O) groups is 1. The second kappa shape index (κ2) is 7.91. The molecule has 0 saturated heterocycles. The number of nitrogens with one attached hydrogen (secondary N) is 1. The fourth-order valence-electron chi connectivity index (χ4n) is 2.39. The Morgan fingerprint density at radius 2 is 2.00 bits per heavy atom. The monoisotopic (exact) mass is 386 g/mol. The highest BCUT2D eigenvalue weighted by Gasteiger charge is 2.20. The van der Waals surface area contributed by atoms with Crippen LogP contribution in [0.4, 0.5) is 5.88 Å². The summed E-state index contributed by atoms with van der Waals surface area (Å²) in [4.78, 5) is 16.3. The third-order valence-corrected chi connectivity index (χ3v) is 4.81. The molecule has 0 spiro atoms. The van der Waals surface area contributed by atoms with Crippen LogP contribution in [0.25, 0.3) is 11.4 Å². The van der Waals surface area contributed by atoms with E-state index in [4.69, 9.17) is 4.52 Å². The van der Waals surface area contributed by atoms with E-state index in [-0.39, 0.29) is 17.1 Å². The van der Waals surface area contributed by atoms with E-state index in [0.717, 1.165) is 17.1 Å². The molecule has 0 atom stereocenters. The first kappa shape index (κ1) is 19.1. The first-order chi connectivity index (χ1) is 12.9. The Kier molecular flexibility index (Phi) is 5.59. The molecule has 1 N–H and O–H groups in total. The zero-order valence-corrected chi connectivity index (χ0v) is 16.6. The van der Waals surface area contributed by atoms with Crippen molar-refractivity contribution in [3.8, 4) is 11.4 Å². The first-order valence-corrected chi connectivity index (χ1v) is 9.60. The van der Waals surface area contributed by atoms with E-state index in [1.54, 1.807) is 18.5 Å². The van der Waals surface area contributed by atoms with Crippen molar-refractivity contribution < 1.29 is 9.32 Å². The second-order valence-corrected chi connectivity index (χ2v) is 7.89. The first-order valence-electron chi connectivity index (χ1n) is 8.62. The predicted octanol–water partition coefficient (Wildman–Crippen LogP) is 3.38. The highest BCUT2D eigenvalue weighted by molar-refractivity contribution is 7.99. The van der Waals surface area contributed by atoms with Crippen molar-refractivity contribution in [2.45, 2.75) is 44.8 Å². The van der Waals surface area contributed by atoms with Crippen molar-refractivity contribution in [3.05, 3.63) is 36.3 Å². The van der Waals surface area contributed by atoms with Crippen LogP contribution in [-0.2, 0) is 16.8 Å². The van der Waals surface area contributed by atoms with Crippen LogP contribution in [0.15, 0.2) is 40.3 Å². The van der Waals surface area contributed by atoms with Gasteiger partial charge in [0.05, 0.1) is 11.4 Å². The van der Waals surface area contributed by atoms with E-state index >= 15 is 0 Å². The highest BCUT2D eigenvalue weighted by atomic mass is 32.2. The molecule has 0 unspecified atom stereocenters. The van der Waals surface area contributed by atoms with Crippen molar-refractivity contribution in [2.75, 3.05) is 11.1 Å². The molecule has 0 aliphatic carbocycles. The zero-order chi connectivity index (χ0) is 19.4. The van der Waals surface area contributed by atoms with E-state index in [0.29, 0.717) is 17.6 Å². The zero-order valence-electron chi connectivity index (χ0n) is 15.8. The summed E-state index contributed by atoms with van der Waals surface area (Å²) in [5.74, 6) is 1.11. The van der Waals surface area contributed by atoms with Crippen molar-refractivity contribution in [1.29, 1.82) is 0 Å². The van der Waals surface area contributed by atoms with E-state index in [1.165, 1.54) is 11.8 Å². The largest absolute Gasteiger partial charge is 0.338 e. The summed E-state index contributed by atoms with van der Waals surface area (Å²) in [6.45, 7) is 8.81. The molecular formula is C18H22N6O2S. The molecule has 0 aliphatic heterocycles. The number of thioether (sulfide) groups is 1. The lowest BCUT2D eigenvalue weighted by molar-refractivity contribution is -0.113. The average Bonchev–Trinajstić information content (AvgIpc) is 3.27. The lowest BCUT2D eigenvalue weighted by Gasteiger charge is -2.12. The number of anilines is 1. The summed E-state index contributed by atoms with van der Waals surface area (Å²) in [7, 11) is 0. The minimum atomic E-state index is -0.187. The molecule has 3 heterocycles. The molecule has 0 bridgehead atoms. The van der Waals surface area contributed by atoms with Gasteiger partial charge in [-0.25, -0.2) is 0 Å². The van der Waals surface area contributed by atoms with E-state index in [1.807, 2.05) is 44.4 Å². The van der Waals surface area contributed by atoms with Gasteiger partial charge in [0.2, 0.25) is 11.8 Å². The summed E-state index contributed by atoms with van der Waals surface area (Å²) in [6.07, 6.45) is 3.43. The standard InChI is InChI=1S/C18H22N6O2S/c1-5-24-16(12-6-8-19-9-7-12)21-22-17(24)27-11-14(25)20-15-10-13(23-26-15)18(2,3)4/h6-10H,5,11H2,1-4H3,(H,20,25). The molecule has 3 aromatic heterocycles. The molecule has 0 aliphatic rings.